The van der Waals surface area contributed by atoms with Crippen LogP contribution in [0.2, 0.25) is 0 Å². The van der Waals surface area contributed by atoms with E-state index in [1.807, 2.05) is 48.8 Å². The minimum absolute atomic E-state index is 0.168. The van der Waals surface area contributed by atoms with Crippen LogP contribution in [-0.4, -0.2) is 31.5 Å². The van der Waals surface area contributed by atoms with Gasteiger partial charge in [-0.25, -0.2) is 0 Å². The van der Waals surface area contributed by atoms with Crippen LogP contribution < -0.4 is 4.74 Å². The van der Waals surface area contributed by atoms with E-state index in [0.29, 0.717) is 6.42 Å². The zero-order chi connectivity index (χ0) is 14.4. The molecule has 0 atom stereocenters. The lowest BCUT2D eigenvalue weighted by molar-refractivity contribution is -0.129. The molecule has 1 aromatic heterocycles. The Hall–Kier alpha value is -1.81. The van der Waals surface area contributed by atoms with Gasteiger partial charge in [0, 0.05) is 18.5 Å². The van der Waals surface area contributed by atoms with Gasteiger partial charge in [-0.1, -0.05) is 18.2 Å². The van der Waals surface area contributed by atoms with Gasteiger partial charge >= 0.3 is 0 Å². The van der Waals surface area contributed by atoms with Crippen molar-refractivity contribution >= 4 is 17.2 Å². The van der Waals surface area contributed by atoms with E-state index in [1.54, 1.807) is 23.3 Å². The van der Waals surface area contributed by atoms with Crippen LogP contribution in [0.3, 0.4) is 0 Å². The molecule has 0 aliphatic rings. The van der Waals surface area contributed by atoms with Crippen LogP contribution in [0.1, 0.15) is 10.4 Å². The zero-order valence-corrected chi connectivity index (χ0v) is 12.7. The van der Waals surface area contributed by atoms with Gasteiger partial charge in [0.1, 0.15) is 5.75 Å². The molecule has 0 saturated carbocycles. The molecule has 0 aliphatic carbocycles. The van der Waals surface area contributed by atoms with Gasteiger partial charge in [-0.3, -0.25) is 4.79 Å². The molecule has 2 aromatic rings. The summed E-state index contributed by atoms with van der Waals surface area (Å²) in [4.78, 5) is 15.0. The number of thiophene rings is 1. The highest BCUT2D eigenvalue weighted by molar-refractivity contribution is 7.10. The molecule has 106 valence electrons. The van der Waals surface area contributed by atoms with Crippen molar-refractivity contribution in [1.82, 2.24) is 4.90 Å². The molecule has 0 aliphatic heterocycles. The van der Waals surface area contributed by atoms with Gasteiger partial charge < -0.3 is 9.64 Å². The predicted molar refractivity (Wildman–Crippen MR) is 82.4 cm³/mol. The Bertz CT molecular complexity index is 534. The maximum Gasteiger partial charge on any atom is 0.227 e. The Kier molecular flexibility index (Phi) is 5.18. The van der Waals surface area contributed by atoms with Crippen molar-refractivity contribution in [3.05, 3.63) is 52.2 Å². The highest BCUT2D eigenvalue weighted by Gasteiger charge is 2.10. The third-order valence-electron chi connectivity index (χ3n) is 3.23. The number of amides is 1. The van der Waals surface area contributed by atoms with Crippen LogP contribution in [0, 0.1) is 0 Å². The number of nitrogens with zero attached hydrogens (tertiary/aromatic N) is 1. The van der Waals surface area contributed by atoms with Crippen molar-refractivity contribution < 1.29 is 9.53 Å². The summed E-state index contributed by atoms with van der Waals surface area (Å²) in [6.07, 6.45) is 1.35. The van der Waals surface area contributed by atoms with Gasteiger partial charge in [0.25, 0.3) is 0 Å². The number of ether oxygens (including phenoxy) is 1. The summed E-state index contributed by atoms with van der Waals surface area (Å²) < 4.78 is 5.13. The molecule has 0 bridgehead atoms. The molecule has 0 spiro atoms. The SMILES string of the molecule is COc1ccc(CCN(C)C(=O)Cc2cccs2)cc1. The Morgan fingerprint density at radius 1 is 1.25 bits per heavy atom. The van der Waals surface area contributed by atoms with E-state index in [4.69, 9.17) is 4.74 Å². The number of hydrogen-bond acceptors (Lipinski definition) is 3. The quantitative estimate of drug-likeness (QED) is 0.818. The maximum absolute atomic E-state index is 12.0. The highest BCUT2D eigenvalue weighted by atomic mass is 32.1. The summed E-state index contributed by atoms with van der Waals surface area (Å²) in [5, 5.41) is 2.00. The molecule has 3 nitrogen and oxygen atoms in total. The third kappa shape index (κ3) is 4.10. The lowest BCUT2D eigenvalue weighted by Gasteiger charge is -2.16. The number of likely N-dealkylation sites (N-methyl/N-ethyl adjacent to an activating group) is 1. The number of methoxy groups -OCH3 is 1. The summed E-state index contributed by atoms with van der Waals surface area (Å²) in [6, 6.07) is 11.9. The molecule has 4 heteroatoms. The first-order valence-corrected chi connectivity index (χ1v) is 7.46. The Morgan fingerprint density at radius 2 is 2.00 bits per heavy atom. The summed E-state index contributed by atoms with van der Waals surface area (Å²) >= 11 is 1.63. The lowest BCUT2D eigenvalue weighted by Crippen LogP contribution is -2.29. The average Bonchev–Trinajstić information content (AvgIpc) is 2.98. The zero-order valence-electron chi connectivity index (χ0n) is 11.8. The summed E-state index contributed by atoms with van der Waals surface area (Å²) in [7, 11) is 3.52. The fourth-order valence-electron chi connectivity index (χ4n) is 1.91. The standard InChI is InChI=1S/C16H19NO2S/c1-17(16(18)12-15-4-3-11-20-15)10-9-13-5-7-14(19-2)8-6-13/h3-8,11H,9-10,12H2,1-2H3. The van der Waals surface area contributed by atoms with Gasteiger partial charge in [-0.15, -0.1) is 11.3 Å². The summed E-state index contributed by atoms with van der Waals surface area (Å²) in [5.74, 6) is 1.02. The van der Waals surface area contributed by atoms with Crippen LogP contribution >= 0.6 is 11.3 Å². The molecule has 0 saturated heterocycles. The second kappa shape index (κ2) is 7.10. The van der Waals surface area contributed by atoms with Crippen LogP contribution in [0.15, 0.2) is 41.8 Å². The van der Waals surface area contributed by atoms with Crippen molar-refractivity contribution in [3.8, 4) is 5.75 Å². The molecule has 0 N–H and O–H groups in total. The van der Waals surface area contributed by atoms with E-state index < -0.39 is 0 Å². The molecule has 20 heavy (non-hydrogen) atoms. The summed E-state index contributed by atoms with van der Waals surface area (Å²) in [5.41, 5.74) is 1.21. The normalized spacial score (nSPS) is 10.3. The van der Waals surface area contributed by atoms with Crippen molar-refractivity contribution in [3.63, 3.8) is 0 Å². The summed E-state index contributed by atoms with van der Waals surface area (Å²) in [6.45, 7) is 0.733. The minimum Gasteiger partial charge on any atom is -0.497 e. The van der Waals surface area contributed by atoms with E-state index in [0.717, 1.165) is 23.6 Å². The minimum atomic E-state index is 0.168. The van der Waals surface area contributed by atoms with Crippen LogP contribution in [-0.2, 0) is 17.6 Å². The third-order valence-corrected chi connectivity index (χ3v) is 4.10. The van der Waals surface area contributed by atoms with Crippen LogP contribution in [0.25, 0.3) is 0 Å². The number of rotatable bonds is 6. The maximum atomic E-state index is 12.0. The van der Waals surface area contributed by atoms with Crippen molar-refractivity contribution in [1.29, 1.82) is 0 Å². The first-order chi connectivity index (χ1) is 9.69. The molecule has 1 aromatic carbocycles. The second-order valence-corrected chi connectivity index (χ2v) is 5.70. The molecule has 1 amide bonds. The molecular formula is C16H19NO2S. The van der Waals surface area contributed by atoms with Gasteiger partial charge in [-0.2, -0.15) is 0 Å². The largest absolute Gasteiger partial charge is 0.497 e. The number of carbonyl (C=O) groups is 1. The Labute approximate surface area is 123 Å². The topological polar surface area (TPSA) is 29.5 Å². The molecule has 2 rings (SSSR count). The van der Waals surface area contributed by atoms with Gasteiger partial charge in [0.2, 0.25) is 5.91 Å². The molecule has 1 heterocycles. The molecule has 0 unspecified atom stereocenters. The second-order valence-electron chi connectivity index (χ2n) is 4.67. The molecule has 0 radical (unpaired) electrons. The van der Waals surface area contributed by atoms with Gasteiger partial charge in [-0.05, 0) is 35.6 Å². The number of carbonyl (C=O) groups excluding carboxylic acids is 1. The molecular weight excluding hydrogens is 270 g/mol. The van der Waals surface area contributed by atoms with Gasteiger partial charge in [0.15, 0.2) is 0 Å². The van der Waals surface area contributed by atoms with E-state index in [-0.39, 0.29) is 5.91 Å². The fourth-order valence-corrected chi connectivity index (χ4v) is 2.61. The first kappa shape index (κ1) is 14.6. The number of hydrogen-bond donors (Lipinski definition) is 0. The van der Waals surface area contributed by atoms with E-state index >= 15 is 0 Å². The highest BCUT2D eigenvalue weighted by Crippen LogP contribution is 2.13. The van der Waals surface area contributed by atoms with E-state index in [1.165, 1.54) is 5.56 Å². The van der Waals surface area contributed by atoms with Crippen molar-refractivity contribution in [2.24, 2.45) is 0 Å². The van der Waals surface area contributed by atoms with Gasteiger partial charge in [0.05, 0.1) is 13.5 Å². The van der Waals surface area contributed by atoms with Crippen molar-refractivity contribution in [2.45, 2.75) is 12.8 Å². The first-order valence-electron chi connectivity index (χ1n) is 6.58. The van der Waals surface area contributed by atoms with E-state index in [9.17, 15) is 4.79 Å². The monoisotopic (exact) mass is 289 g/mol. The molecule has 0 fully saturated rings. The predicted octanol–water partition coefficient (Wildman–Crippen LogP) is 3.00. The van der Waals surface area contributed by atoms with Crippen LogP contribution in [0.5, 0.6) is 5.75 Å². The number of benzene rings is 1. The smallest absolute Gasteiger partial charge is 0.227 e. The average molecular weight is 289 g/mol. The fraction of sp³-hybridized carbons (Fsp3) is 0.312. The van der Waals surface area contributed by atoms with Crippen molar-refractivity contribution in [2.75, 3.05) is 20.7 Å². The van der Waals surface area contributed by atoms with E-state index in [2.05, 4.69) is 0 Å². The Balaban J connectivity index is 1.81. The van der Waals surface area contributed by atoms with Crippen LogP contribution in [0.4, 0.5) is 0 Å². The Morgan fingerprint density at radius 3 is 2.60 bits per heavy atom. The lowest BCUT2D eigenvalue weighted by atomic mass is 10.1.